The summed E-state index contributed by atoms with van der Waals surface area (Å²) >= 11 is 7.12. The van der Waals surface area contributed by atoms with Crippen LogP contribution in [0.3, 0.4) is 0 Å². The maximum Gasteiger partial charge on any atom is 0.220 e. The number of hydrogen-bond acceptors (Lipinski definition) is 4. The zero-order valence-electron chi connectivity index (χ0n) is 10.9. The van der Waals surface area contributed by atoms with Gasteiger partial charge in [0, 0.05) is 17.2 Å². The fraction of sp³-hybridized carbons (Fsp3) is 0.429. The Kier molecular flexibility index (Phi) is 5.73. The molecule has 1 fully saturated rings. The van der Waals surface area contributed by atoms with E-state index in [4.69, 9.17) is 16.3 Å². The number of carbonyl (C=O) groups excluding carboxylic acids is 2. The van der Waals surface area contributed by atoms with Crippen LogP contribution in [-0.4, -0.2) is 29.4 Å². The van der Waals surface area contributed by atoms with Crippen molar-refractivity contribution < 1.29 is 14.3 Å². The average molecular weight is 314 g/mol. The lowest BCUT2D eigenvalue weighted by Crippen LogP contribution is -2.37. The average Bonchev–Trinajstić information content (AvgIpc) is 2.80. The molecule has 0 radical (unpaired) electrons. The first-order chi connectivity index (χ1) is 9.65. The number of carbonyl (C=O) groups is 2. The molecule has 1 unspecified atom stereocenters. The minimum atomic E-state index is -0.304. The Morgan fingerprint density at radius 1 is 1.50 bits per heavy atom. The van der Waals surface area contributed by atoms with Gasteiger partial charge in [-0.1, -0.05) is 29.4 Å². The molecule has 0 aromatic heterocycles. The molecule has 1 saturated heterocycles. The molecule has 0 bridgehead atoms. The van der Waals surface area contributed by atoms with Crippen LogP contribution in [0, 0.1) is 0 Å². The molecule has 20 heavy (non-hydrogen) atoms. The molecule has 0 spiro atoms. The third-order valence-electron chi connectivity index (χ3n) is 2.88. The van der Waals surface area contributed by atoms with Gasteiger partial charge in [0.1, 0.15) is 5.75 Å². The number of hydrogen-bond donors (Lipinski definition) is 1. The topological polar surface area (TPSA) is 55.4 Å². The summed E-state index contributed by atoms with van der Waals surface area (Å²) in [5, 5.41) is 3.44. The van der Waals surface area contributed by atoms with Crippen LogP contribution >= 0.6 is 23.4 Å². The van der Waals surface area contributed by atoms with Gasteiger partial charge in [-0.15, -0.1) is 0 Å². The van der Waals surface area contributed by atoms with Gasteiger partial charge in [0.25, 0.3) is 0 Å². The van der Waals surface area contributed by atoms with Gasteiger partial charge in [0.05, 0.1) is 12.6 Å². The second-order valence-electron chi connectivity index (χ2n) is 4.49. The maximum absolute atomic E-state index is 11.7. The summed E-state index contributed by atoms with van der Waals surface area (Å²) in [6.45, 7) is 0.446. The molecular weight excluding hydrogens is 298 g/mol. The number of ether oxygens (including phenoxy) is 1. The van der Waals surface area contributed by atoms with Gasteiger partial charge < -0.3 is 10.1 Å². The van der Waals surface area contributed by atoms with Crippen molar-refractivity contribution >= 4 is 34.4 Å². The molecule has 1 heterocycles. The fourth-order valence-electron chi connectivity index (χ4n) is 1.87. The highest BCUT2D eigenvalue weighted by molar-refractivity contribution is 8.14. The summed E-state index contributed by atoms with van der Waals surface area (Å²) in [6.07, 6.45) is 1.69. The van der Waals surface area contributed by atoms with Gasteiger partial charge >= 0.3 is 0 Å². The minimum Gasteiger partial charge on any atom is -0.494 e. The molecule has 1 aliphatic heterocycles. The molecule has 1 aromatic carbocycles. The van der Waals surface area contributed by atoms with Crippen molar-refractivity contribution in [1.29, 1.82) is 0 Å². The lowest BCUT2D eigenvalue weighted by Gasteiger charge is -2.10. The Balaban J connectivity index is 1.63. The van der Waals surface area contributed by atoms with Gasteiger partial charge in [-0.2, -0.15) is 0 Å². The van der Waals surface area contributed by atoms with E-state index in [-0.39, 0.29) is 17.1 Å². The molecule has 1 atom stereocenters. The summed E-state index contributed by atoms with van der Waals surface area (Å²) < 4.78 is 5.49. The number of rotatable bonds is 6. The van der Waals surface area contributed by atoms with Crippen molar-refractivity contribution in [3.8, 4) is 5.75 Å². The van der Waals surface area contributed by atoms with Crippen LogP contribution in [0.1, 0.15) is 19.3 Å². The van der Waals surface area contributed by atoms with Gasteiger partial charge in [0.2, 0.25) is 11.0 Å². The molecule has 0 aliphatic carbocycles. The number of amides is 1. The highest BCUT2D eigenvalue weighted by atomic mass is 35.5. The van der Waals surface area contributed by atoms with Crippen LogP contribution in [0.25, 0.3) is 0 Å². The van der Waals surface area contributed by atoms with E-state index in [1.165, 1.54) is 11.8 Å². The molecule has 108 valence electrons. The van der Waals surface area contributed by atoms with Crippen LogP contribution in [-0.2, 0) is 9.59 Å². The van der Waals surface area contributed by atoms with Gasteiger partial charge in [-0.3, -0.25) is 9.59 Å². The molecule has 1 N–H and O–H groups in total. The summed E-state index contributed by atoms with van der Waals surface area (Å²) in [5.41, 5.74) is 0. The van der Waals surface area contributed by atoms with E-state index in [0.717, 1.165) is 12.2 Å². The molecular formula is C14H16ClNO3S. The van der Waals surface area contributed by atoms with E-state index in [2.05, 4.69) is 5.32 Å². The second kappa shape index (κ2) is 7.55. The molecule has 4 nitrogen and oxygen atoms in total. The van der Waals surface area contributed by atoms with E-state index in [1.54, 1.807) is 12.1 Å². The van der Waals surface area contributed by atoms with Crippen LogP contribution in [0.4, 0.5) is 0 Å². The molecule has 1 aliphatic rings. The smallest absolute Gasteiger partial charge is 0.220 e. The SMILES string of the molecule is O=C(CCCOc1cccc(Cl)c1)NC1CCSC1=O. The quantitative estimate of drug-likeness (QED) is 0.820. The molecule has 0 saturated carbocycles. The highest BCUT2D eigenvalue weighted by Gasteiger charge is 2.26. The first-order valence-electron chi connectivity index (χ1n) is 6.49. The van der Waals surface area contributed by atoms with Crippen LogP contribution in [0.15, 0.2) is 24.3 Å². The standard InChI is InChI=1S/C14H16ClNO3S/c15-10-3-1-4-11(9-10)19-7-2-5-13(17)16-12-6-8-20-14(12)18/h1,3-4,9,12H,2,5-8H2,(H,16,17). The van der Waals surface area contributed by atoms with E-state index in [9.17, 15) is 9.59 Å². The number of nitrogens with one attached hydrogen (secondary N) is 1. The summed E-state index contributed by atoms with van der Waals surface area (Å²) in [4.78, 5) is 23.0. The lowest BCUT2D eigenvalue weighted by atomic mass is 10.2. The predicted molar refractivity (Wildman–Crippen MR) is 80.2 cm³/mol. The largest absolute Gasteiger partial charge is 0.494 e. The monoisotopic (exact) mass is 313 g/mol. The third-order valence-corrected chi connectivity index (χ3v) is 4.13. The first kappa shape index (κ1) is 15.2. The Morgan fingerprint density at radius 2 is 2.35 bits per heavy atom. The first-order valence-corrected chi connectivity index (χ1v) is 7.86. The van der Waals surface area contributed by atoms with Crippen molar-refractivity contribution in [3.05, 3.63) is 29.3 Å². The third kappa shape index (κ3) is 4.72. The maximum atomic E-state index is 11.7. The Labute approximate surface area is 127 Å². The summed E-state index contributed by atoms with van der Waals surface area (Å²) in [7, 11) is 0. The molecule has 1 aromatic rings. The van der Waals surface area contributed by atoms with Crippen LogP contribution in [0.2, 0.25) is 5.02 Å². The number of halogens is 1. The van der Waals surface area contributed by atoms with Gasteiger partial charge in [-0.05, 0) is 31.0 Å². The molecule has 2 rings (SSSR count). The van der Waals surface area contributed by atoms with E-state index in [0.29, 0.717) is 30.2 Å². The van der Waals surface area contributed by atoms with Crippen molar-refractivity contribution in [2.45, 2.75) is 25.3 Å². The fourth-order valence-corrected chi connectivity index (χ4v) is 2.99. The van der Waals surface area contributed by atoms with E-state index < -0.39 is 0 Å². The minimum absolute atomic E-state index is 0.0635. The van der Waals surface area contributed by atoms with Crippen molar-refractivity contribution in [3.63, 3.8) is 0 Å². The second-order valence-corrected chi connectivity index (χ2v) is 6.02. The van der Waals surface area contributed by atoms with Gasteiger partial charge in [-0.25, -0.2) is 0 Å². The zero-order valence-corrected chi connectivity index (χ0v) is 12.5. The summed E-state index contributed by atoms with van der Waals surface area (Å²) in [6, 6.07) is 6.84. The summed E-state index contributed by atoms with van der Waals surface area (Å²) in [5.74, 6) is 1.39. The Morgan fingerprint density at radius 3 is 3.05 bits per heavy atom. The van der Waals surface area contributed by atoms with Gasteiger partial charge in [0.15, 0.2) is 0 Å². The number of thioether (sulfide) groups is 1. The zero-order chi connectivity index (χ0) is 14.4. The highest BCUT2D eigenvalue weighted by Crippen LogP contribution is 2.19. The normalized spacial score (nSPS) is 18.1. The lowest BCUT2D eigenvalue weighted by molar-refractivity contribution is -0.124. The number of benzene rings is 1. The predicted octanol–water partition coefficient (Wildman–Crippen LogP) is 2.65. The van der Waals surface area contributed by atoms with E-state index >= 15 is 0 Å². The van der Waals surface area contributed by atoms with Crippen LogP contribution in [0.5, 0.6) is 5.75 Å². The molecule has 1 amide bonds. The molecule has 6 heteroatoms. The van der Waals surface area contributed by atoms with Crippen molar-refractivity contribution in [2.24, 2.45) is 0 Å². The van der Waals surface area contributed by atoms with Crippen molar-refractivity contribution in [1.82, 2.24) is 5.32 Å². The Hall–Kier alpha value is -1.20. The Bertz CT molecular complexity index is 495. The van der Waals surface area contributed by atoms with Crippen molar-refractivity contribution in [2.75, 3.05) is 12.4 Å². The van der Waals surface area contributed by atoms with Crippen LogP contribution < -0.4 is 10.1 Å². The van der Waals surface area contributed by atoms with E-state index in [1.807, 2.05) is 12.1 Å².